The van der Waals surface area contributed by atoms with Crippen LogP contribution in [0.4, 0.5) is 0 Å². The standard InChI is InChI=1S/C15H21BrN2O3Si/c1-20-15(19)11-7-13(16)12-9-18(17-14(12)8-11)10-21-5-6-22(2,3)4/h7-9H,5-6,10H2,1-4H3. The zero-order chi connectivity index (χ0) is 16.3. The fourth-order valence-corrected chi connectivity index (χ4v) is 3.28. The highest BCUT2D eigenvalue weighted by Gasteiger charge is 2.13. The number of carbonyl (C=O) groups is 1. The summed E-state index contributed by atoms with van der Waals surface area (Å²) < 4.78 is 13.0. The molecule has 0 bridgehead atoms. The Bertz CT molecular complexity index is 679. The average molecular weight is 385 g/mol. The first-order chi connectivity index (χ1) is 10.3. The first-order valence-electron chi connectivity index (χ1n) is 7.13. The second-order valence-electron chi connectivity index (χ2n) is 6.40. The number of aromatic nitrogens is 2. The van der Waals surface area contributed by atoms with Crippen molar-refractivity contribution in [3.8, 4) is 0 Å². The summed E-state index contributed by atoms with van der Waals surface area (Å²) in [6.07, 6.45) is 1.91. The van der Waals surface area contributed by atoms with Gasteiger partial charge in [0.1, 0.15) is 6.73 Å². The van der Waals surface area contributed by atoms with Crippen molar-refractivity contribution in [1.82, 2.24) is 9.78 Å². The number of ether oxygens (including phenoxy) is 2. The molecule has 5 nitrogen and oxygen atoms in total. The summed E-state index contributed by atoms with van der Waals surface area (Å²) in [5, 5.41) is 5.40. The minimum atomic E-state index is -1.07. The number of methoxy groups -OCH3 is 1. The van der Waals surface area contributed by atoms with Gasteiger partial charge in [0.05, 0.1) is 18.2 Å². The number of hydrogen-bond acceptors (Lipinski definition) is 4. The van der Waals surface area contributed by atoms with E-state index in [1.807, 2.05) is 6.20 Å². The summed E-state index contributed by atoms with van der Waals surface area (Å²) in [5.74, 6) is -0.372. The van der Waals surface area contributed by atoms with Gasteiger partial charge in [-0.25, -0.2) is 9.48 Å². The third kappa shape index (κ3) is 4.41. The molecular weight excluding hydrogens is 364 g/mol. The van der Waals surface area contributed by atoms with Gasteiger partial charge in [-0.15, -0.1) is 0 Å². The fraction of sp³-hybridized carbons (Fsp3) is 0.467. The summed E-state index contributed by atoms with van der Waals surface area (Å²) in [6.45, 7) is 8.14. The van der Waals surface area contributed by atoms with Gasteiger partial charge >= 0.3 is 5.97 Å². The van der Waals surface area contributed by atoms with Gasteiger partial charge in [-0.2, -0.15) is 5.10 Å². The molecule has 0 N–H and O–H groups in total. The van der Waals surface area contributed by atoms with E-state index in [9.17, 15) is 4.79 Å². The van der Waals surface area contributed by atoms with Crippen molar-refractivity contribution in [1.29, 1.82) is 0 Å². The Morgan fingerprint density at radius 1 is 1.36 bits per heavy atom. The number of esters is 1. The number of nitrogens with zero attached hydrogens (tertiary/aromatic N) is 2. The van der Waals surface area contributed by atoms with Crippen LogP contribution in [-0.4, -0.2) is 37.5 Å². The molecule has 0 unspecified atom stereocenters. The van der Waals surface area contributed by atoms with E-state index in [2.05, 4.69) is 40.7 Å². The number of hydrogen-bond donors (Lipinski definition) is 0. The smallest absolute Gasteiger partial charge is 0.337 e. The molecule has 1 aromatic heterocycles. The molecular formula is C15H21BrN2O3Si. The molecule has 0 amide bonds. The van der Waals surface area contributed by atoms with Crippen LogP contribution in [0, 0.1) is 0 Å². The quantitative estimate of drug-likeness (QED) is 0.430. The lowest BCUT2D eigenvalue weighted by Crippen LogP contribution is -2.22. The SMILES string of the molecule is COC(=O)c1cc(Br)c2cn(COCC[Si](C)(C)C)nc2c1. The zero-order valence-electron chi connectivity index (χ0n) is 13.4. The number of benzene rings is 1. The molecule has 0 fully saturated rings. The molecule has 1 heterocycles. The third-order valence-electron chi connectivity index (χ3n) is 3.26. The average Bonchev–Trinajstić information content (AvgIpc) is 2.85. The fourth-order valence-electron chi connectivity index (χ4n) is 1.97. The van der Waals surface area contributed by atoms with E-state index in [0.29, 0.717) is 12.3 Å². The van der Waals surface area contributed by atoms with Crippen molar-refractivity contribution >= 4 is 40.9 Å². The maximum atomic E-state index is 11.6. The topological polar surface area (TPSA) is 53.4 Å². The van der Waals surface area contributed by atoms with E-state index >= 15 is 0 Å². The number of halogens is 1. The van der Waals surface area contributed by atoms with E-state index in [4.69, 9.17) is 9.47 Å². The lowest BCUT2D eigenvalue weighted by molar-refractivity contribution is 0.0601. The van der Waals surface area contributed by atoms with Crippen LogP contribution in [0.1, 0.15) is 10.4 Å². The Morgan fingerprint density at radius 2 is 2.09 bits per heavy atom. The Balaban J connectivity index is 2.10. The van der Waals surface area contributed by atoms with Crippen LogP contribution in [0.3, 0.4) is 0 Å². The van der Waals surface area contributed by atoms with Crippen LogP contribution in [0.25, 0.3) is 10.9 Å². The molecule has 0 aliphatic rings. The molecule has 0 saturated heterocycles. The predicted octanol–water partition coefficient (Wildman–Crippen LogP) is 3.90. The minimum Gasteiger partial charge on any atom is -0.465 e. The number of carbonyl (C=O) groups excluding carboxylic acids is 1. The minimum absolute atomic E-state index is 0.372. The third-order valence-corrected chi connectivity index (χ3v) is 5.62. The van der Waals surface area contributed by atoms with Gasteiger partial charge in [-0.3, -0.25) is 0 Å². The highest BCUT2D eigenvalue weighted by atomic mass is 79.9. The summed E-state index contributed by atoms with van der Waals surface area (Å²) in [4.78, 5) is 11.6. The van der Waals surface area contributed by atoms with Crippen molar-refractivity contribution in [2.24, 2.45) is 0 Å². The van der Waals surface area contributed by atoms with E-state index < -0.39 is 8.07 Å². The molecule has 0 saturated carbocycles. The Labute approximate surface area is 139 Å². The Morgan fingerprint density at radius 3 is 2.73 bits per heavy atom. The highest BCUT2D eigenvalue weighted by Crippen LogP contribution is 2.25. The maximum Gasteiger partial charge on any atom is 0.337 e. The van der Waals surface area contributed by atoms with E-state index in [-0.39, 0.29) is 5.97 Å². The van der Waals surface area contributed by atoms with Crippen LogP contribution in [0.5, 0.6) is 0 Å². The lowest BCUT2D eigenvalue weighted by Gasteiger charge is -2.15. The molecule has 0 spiro atoms. The van der Waals surface area contributed by atoms with Crippen LogP contribution >= 0.6 is 15.9 Å². The molecule has 120 valence electrons. The number of fused-ring (bicyclic) bond motifs is 1. The number of rotatable bonds is 6. The summed E-state index contributed by atoms with van der Waals surface area (Å²) >= 11 is 3.47. The highest BCUT2D eigenvalue weighted by molar-refractivity contribution is 9.10. The Hall–Kier alpha value is -1.18. The van der Waals surface area contributed by atoms with Crippen molar-refractivity contribution in [3.05, 3.63) is 28.4 Å². The van der Waals surface area contributed by atoms with Crippen LogP contribution in [0.2, 0.25) is 25.7 Å². The molecule has 1 aromatic carbocycles. The summed E-state index contributed by atoms with van der Waals surface area (Å²) in [7, 11) is 0.292. The predicted molar refractivity (Wildman–Crippen MR) is 92.9 cm³/mol. The van der Waals surface area contributed by atoms with E-state index in [1.165, 1.54) is 7.11 Å². The van der Waals surface area contributed by atoms with E-state index in [0.717, 1.165) is 28.0 Å². The normalized spacial score (nSPS) is 11.9. The first kappa shape index (κ1) is 17.2. The second-order valence-corrected chi connectivity index (χ2v) is 12.9. The first-order valence-corrected chi connectivity index (χ1v) is 11.6. The largest absolute Gasteiger partial charge is 0.465 e. The van der Waals surface area contributed by atoms with Gasteiger partial charge < -0.3 is 9.47 Å². The molecule has 22 heavy (non-hydrogen) atoms. The van der Waals surface area contributed by atoms with Crippen molar-refractivity contribution in [2.75, 3.05) is 13.7 Å². The second kappa shape index (κ2) is 6.93. The van der Waals surface area contributed by atoms with Crippen LogP contribution in [0.15, 0.2) is 22.8 Å². The van der Waals surface area contributed by atoms with E-state index in [1.54, 1.807) is 16.8 Å². The van der Waals surface area contributed by atoms with Gasteiger partial charge in [0.25, 0.3) is 0 Å². The monoisotopic (exact) mass is 384 g/mol. The molecule has 0 atom stereocenters. The van der Waals surface area contributed by atoms with Crippen molar-refractivity contribution in [3.63, 3.8) is 0 Å². The van der Waals surface area contributed by atoms with Crippen LogP contribution < -0.4 is 0 Å². The van der Waals surface area contributed by atoms with Gasteiger partial charge in [-0.05, 0) is 18.2 Å². The Kier molecular flexibility index (Phi) is 5.41. The zero-order valence-corrected chi connectivity index (χ0v) is 15.9. The maximum absolute atomic E-state index is 11.6. The van der Waals surface area contributed by atoms with Gasteiger partial charge in [-0.1, -0.05) is 35.6 Å². The van der Waals surface area contributed by atoms with Crippen molar-refractivity contribution in [2.45, 2.75) is 32.4 Å². The lowest BCUT2D eigenvalue weighted by atomic mass is 10.2. The van der Waals surface area contributed by atoms with Crippen molar-refractivity contribution < 1.29 is 14.3 Å². The molecule has 2 aromatic rings. The van der Waals surface area contributed by atoms with Gasteiger partial charge in [0.2, 0.25) is 0 Å². The molecule has 2 rings (SSSR count). The van der Waals surface area contributed by atoms with Gasteiger partial charge in [0, 0.05) is 30.7 Å². The summed E-state index contributed by atoms with van der Waals surface area (Å²) in [6, 6.07) is 4.60. The molecule has 7 heteroatoms. The molecule has 0 aliphatic heterocycles. The van der Waals surface area contributed by atoms with Gasteiger partial charge in [0.15, 0.2) is 0 Å². The summed E-state index contributed by atoms with van der Waals surface area (Å²) in [5.41, 5.74) is 1.22. The molecule has 0 radical (unpaired) electrons. The van der Waals surface area contributed by atoms with Crippen LogP contribution in [-0.2, 0) is 16.2 Å². The molecule has 0 aliphatic carbocycles.